The Morgan fingerprint density at radius 2 is 1.88 bits per heavy atom. The number of hydrogen-bond donors (Lipinski definition) is 1. The smallest absolute Gasteiger partial charge is 0.0656 e. The molecule has 0 radical (unpaired) electrons. The summed E-state index contributed by atoms with van der Waals surface area (Å²) in [7, 11) is 0. The quantitative estimate of drug-likeness (QED) is 0.720. The van der Waals surface area contributed by atoms with Gasteiger partial charge in [0.1, 0.15) is 0 Å². The summed E-state index contributed by atoms with van der Waals surface area (Å²) >= 11 is 0. The second-order valence-electron chi connectivity index (χ2n) is 7.36. The van der Waals surface area contributed by atoms with Crippen molar-refractivity contribution in [2.75, 3.05) is 0 Å². The summed E-state index contributed by atoms with van der Waals surface area (Å²) in [4.78, 5) is 0. The molecule has 3 rings (SSSR count). The average molecular weight is 222 g/mol. The van der Waals surface area contributed by atoms with E-state index in [0.29, 0.717) is 11.3 Å². The van der Waals surface area contributed by atoms with Crippen molar-refractivity contribution in [3.63, 3.8) is 0 Å². The SMILES string of the molecule is CC(C)[C@H]1CC[C@H](C)C23CC[C@](C)(O)C2C13. The molecule has 0 aromatic rings. The Balaban J connectivity index is 1.92. The molecule has 0 saturated heterocycles. The molecule has 92 valence electrons. The molecule has 1 N–H and O–H groups in total. The van der Waals surface area contributed by atoms with Crippen molar-refractivity contribution in [2.45, 2.75) is 59.0 Å². The first kappa shape index (κ1) is 11.1. The van der Waals surface area contributed by atoms with Gasteiger partial charge in [0, 0.05) is 0 Å². The summed E-state index contributed by atoms with van der Waals surface area (Å²) in [6.45, 7) is 9.27. The summed E-state index contributed by atoms with van der Waals surface area (Å²) in [5.41, 5.74) is 0.201. The zero-order valence-corrected chi connectivity index (χ0v) is 11.2. The lowest BCUT2D eigenvalue weighted by molar-refractivity contribution is 0.0291. The van der Waals surface area contributed by atoms with Crippen molar-refractivity contribution in [3.8, 4) is 0 Å². The van der Waals surface area contributed by atoms with Gasteiger partial charge in [0.05, 0.1) is 5.60 Å². The molecule has 3 aliphatic rings. The van der Waals surface area contributed by atoms with Crippen LogP contribution in [0.2, 0.25) is 0 Å². The number of aliphatic hydroxyl groups is 1. The van der Waals surface area contributed by atoms with Gasteiger partial charge >= 0.3 is 0 Å². The van der Waals surface area contributed by atoms with Gasteiger partial charge in [-0.1, -0.05) is 20.8 Å². The van der Waals surface area contributed by atoms with E-state index in [1.807, 2.05) is 0 Å². The molecular weight excluding hydrogens is 196 g/mol. The fraction of sp³-hybridized carbons (Fsp3) is 1.00. The summed E-state index contributed by atoms with van der Waals surface area (Å²) < 4.78 is 0. The van der Waals surface area contributed by atoms with Crippen molar-refractivity contribution in [2.24, 2.45) is 35.0 Å². The summed E-state index contributed by atoms with van der Waals surface area (Å²) in [5.74, 6) is 4.01. The first-order chi connectivity index (χ1) is 7.41. The number of fused-ring (bicyclic) bond motifs is 1. The van der Waals surface area contributed by atoms with Gasteiger partial charge in [-0.15, -0.1) is 0 Å². The molecule has 1 nitrogen and oxygen atoms in total. The highest BCUT2D eigenvalue weighted by Crippen LogP contribution is 2.80. The third-order valence-corrected chi connectivity index (χ3v) is 6.35. The van der Waals surface area contributed by atoms with Crippen LogP contribution in [0.15, 0.2) is 0 Å². The van der Waals surface area contributed by atoms with Gasteiger partial charge in [-0.05, 0) is 67.6 Å². The van der Waals surface area contributed by atoms with Gasteiger partial charge in [-0.3, -0.25) is 0 Å². The Labute approximate surface area is 99.6 Å². The van der Waals surface area contributed by atoms with E-state index in [-0.39, 0.29) is 5.60 Å². The summed E-state index contributed by atoms with van der Waals surface area (Å²) in [6.07, 6.45) is 5.13. The minimum Gasteiger partial charge on any atom is -0.390 e. The molecule has 3 saturated carbocycles. The van der Waals surface area contributed by atoms with Gasteiger partial charge in [0.2, 0.25) is 0 Å². The highest BCUT2D eigenvalue weighted by molar-refractivity contribution is 5.26. The standard InChI is InChI=1S/C15H26O/c1-9(2)11-6-5-10(3)15-8-7-14(4,16)13(15)12(11)15/h9-13,16H,5-8H2,1-4H3/t10-,11+,12?,13?,14-,15?/m0/s1. The predicted octanol–water partition coefficient (Wildman–Crippen LogP) is 3.47. The van der Waals surface area contributed by atoms with Crippen LogP contribution in [-0.2, 0) is 0 Å². The second-order valence-corrected chi connectivity index (χ2v) is 7.36. The Morgan fingerprint density at radius 1 is 1.19 bits per heavy atom. The van der Waals surface area contributed by atoms with Crippen molar-refractivity contribution in [1.82, 2.24) is 0 Å². The van der Waals surface area contributed by atoms with E-state index in [1.165, 1.54) is 19.3 Å². The van der Waals surface area contributed by atoms with E-state index in [1.54, 1.807) is 0 Å². The van der Waals surface area contributed by atoms with Crippen LogP contribution in [0.25, 0.3) is 0 Å². The molecule has 3 fully saturated rings. The maximum Gasteiger partial charge on any atom is 0.0656 e. The Hall–Kier alpha value is -0.0400. The molecule has 3 aliphatic carbocycles. The molecule has 1 spiro atoms. The van der Waals surface area contributed by atoms with E-state index in [4.69, 9.17) is 0 Å². The fourth-order valence-corrected chi connectivity index (χ4v) is 5.57. The lowest BCUT2D eigenvalue weighted by Gasteiger charge is -2.36. The molecule has 0 aliphatic heterocycles. The summed E-state index contributed by atoms with van der Waals surface area (Å²) in [6, 6.07) is 0. The van der Waals surface area contributed by atoms with Crippen molar-refractivity contribution < 1.29 is 5.11 Å². The largest absolute Gasteiger partial charge is 0.390 e. The topological polar surface area (TPSA) is 20.2 Å². The zero-order chi connectivity index (χ0) is 11.7. The van der Waals surface area contributed by atoms with Crippen molar-refractivity contribution in [1.29, 1.82) is 0 Å². The first-order valence-corrected chi connectivity index (χ1v) is 7.13. The number of hydrogen-bond acceptors (Lipinski definition) is 1. The van der Waals surface area contributed by atoms with Crippen LogP contribution < -0.4 is 0 Å². The first-order valence-electron chi connectivity index (χ1n) is 7.13. The highest BCUT2D eigenvalue weighted by Gasteiger charge is 2.77. The summed E-state index contributed by atoms with van der Waals surface area (Å²) in [5, 5.41) is 10.5. The van der Waals surface area contributed by atoms with Crippen LogP contribution in [-0.4, -0.2) is 10.7 Å². The normalized spacial score (nSPS) is 59.6. The molecule has 0 aromatic heterocycles. The molecule has 6 atom stereocenters. The van der Waals surface area contributed by atoms with Crippen LogP contribution in [0, 0.1) is 35.0 Å². The molecule has 0 aromatic carbocycles. The van der Waals surface area contributed by atoms with E-state index in [9.17, 15) is 5.11 Å². The molecule has 0 bridgehead atoms. The molecule has 16 heavy (non-hydrogen) atoms. The Bertz CT molecular complexity index is 307. The predicted molar refractivity (Wildman–Crippen MR) is 66.0 cm³/mol. The van der Waals surface area contributed by atoms with Crippen molar-refractivity contribution in [3.05, 3.63) is 0 Å². The number of rotatable bonds is 1. The van der Waals surface area contributed by atoms with E-state index in [2.05, 4.69) is 27.7 Å². The monoisotopic (exact) mass is 222 g/mol. The molecule has 0 amide bonds. The molecule has 0 heterocycles. The minimum atomic E-state index is -0.351. The van der Waals surface area contributed by atoms with Gasteiger partial charge in [0.25, 0.3) is 0 Å². The van der Waals surface area contributed by atoms with E-state index in [0.717, 1.165) is 30.1 Å². The van der Waals surface area contributed by atoms with Gasteiger partial charge in [0.15, 0.2) is 0 Å². The maximum absolute atomic E-state index is 10.5. The van der Waals surface area contributed by atoms with Crippen LogP contribution in [0.5, 0.6) is 0 Å². The van der Waals surface area contributed by atoms with Crippen molar-refractivity contribution >= 4 is 0 Å². The lowest BCUT2D eigenvalue weighted by Crippen LogP contribution is -2.30. The zero-order valence-electron chi connectivity index (χ0n) is 11.2. The Morgan fingerprint density at radius 3 is 2.50 bits per heavy atom. The lowest BCUT2D eigenvalue weighted by atomic mass is 9.69. The third-order valence-electron chi connectivity index (χ3n) is 6.35. The van der Waals surface area contributed by atoms with Crippen LogP contribution in [0.4, 0.5) is 0 Å². The van der Waals surface area contributed by atoms with Crippen LogP contribution >= 0.6 is 0 Å². The van der Waals surface area contributed by atoms with Crippen LogP contribution in [0.1, 0.15) is 53.4 Å². The minimum absolute atomic E-state index is 0.351. The average Bonchev–Trinajstić information content (AvgIpc) is 2.79. The molecule has 1 heteroatoms. The van der Waals surface area contributed by atoms with E-state index >= 15 is 0 Å². The highest BCUT2D eigenvalue weighted by atomic mass is 16.3. The third kappa shape index (κ3) is 1.11. The van der Waals surface area contributed by atoms with Gasteiger partial charge in [-0.2, -0.15) is 0 Å². The van der Waals surface area contributed by atoms with Gasteiger partial charge in [-0.25, -0.2) is 0 Å². The Kier molecular flexibility index (Phi) is 2.11. The van der Waals surface area contributed by atoms with Crippen LogP contribution in [0.3, 0.4) is 0 Å². The fourth-order valence-electron chi connectivity index (χ4n) is 5.57. The van der Waals surface area contributed by atoms with Gasteiger partial charge < -0.3 is 5.11 Å². The molecular formula is C15H26O. The second kappa shape index (κ2) is 3.04. The molecule has 3 unspecified atom stereocenters. The maximum atomic E-state index is 10.5. The van der Waals surface area contributed by atoms with E-state index < -0.39 is 0 Å².